The summed E-state index contributed by atoms with van der Waals surface area (Å²) < 4.78 is 0. The summed E-state index contributed by atoms with van der Waals surface area (Å²) in [5, 5.41) is 13.9. The molecule has 0 saturated heterocycles. The van der Waals surface area contributed by atoms with Gasteiger partial charge in [0.15, 0.2) is 0 Å². The van der Waals surface area contributed by atoms with E-state index >= 15 is 0 Å². The number of thiazole rings is 1. The van der Waals surface area contributed by atoms with Crippen molar-refractivity contribution in [2.24, 2.45) is 0 Å². The van der Waals surface area contributed by atoms with Gasteiger partial charge in [-0.3, -0.25) is 0 Å². The smallest absolute Gasteiger partial charge is 0.0900 e. The Labute approximate surface area is 112 Å². The number of hydrogen-bond acceptors (Lipinski definition) is 4. The van der Waals surface area contributed by atoms with Crippen LogP contribution in [-0.4, -0.2) is 16.7 Å². The number of benzene rings is 1. The quantitative estimate of drug-likeness (QED) is 0.870. The number of hydrogen-bond donors (Lipinski definition) is 2. The topological polar surface area (TPSA) is 45.2 Å². The lowest BCUT2D eigenvalue weighted by Crippen LogP contribution is -2.23. The Morgan fingerprint density at radius 1 is 1.28 bits per heavy atom. The molecule has 0 spiro atoms. The van der Waals surface area contributed by atoms with Gasteiger partial charge in [0.2, 0.25) is 0 Å². The van der Waals surface area contributed by atoms with Crippen LogP contribution in [0.3, 0.4) is 0 Å². The molecule has 1 aromatic heterocycles. The third-order valence-electron chi connectivity index (χ3n) is 2.89. The fourth-order valence-electron chi connectivity index (χ4n) is 1.93. The Balaban J connectivity index is 2.02. The van der Waals surface area contributed by atoms with E-state index in [9.17, 15) is 5.11 Å². The second kappa shape index (κ2) is 6.09. The summed E-state index contributed by atoms with van der Waals surface area (Å²) >= 11 is 1.71. The number of nitrogens with one attached hydrogen (secondary N) is 1. The molecule has 96 valence electrons. The monoisotopic (exact) mass is 262 g/mol. The van der Waals surface area contributed by atoms with Crippen LogP contribution in [0, 0.1) is 13.8 Å². The van der Waals surface area contributed by atoms with Crippen molar-refractivity contribution in [1.29, 1.82) is 0 Å². The summed E-state index contributed by atoms with van der Waals surface area (Å²) in [7, 11) is 0. The first-order chi connectivity index (χ1) is 8.70. The van der Waals surface area contributed by atoms with E-state index < -0.39 is 0 Å². The zero-order valence-electron chi connectivity index (χ0n) is 10.7. The molecular formula is C14H18N2OS. The predicted molar refractivity (Wildman–Crippen MR) is 74.7 cm³/mol. The van der Waals surface area contributed by atoms with Crippen molar-refractivity contribution in [3.05, 3.63) is 51.5 Å². The number of aromatic nitrogens is 1. The third-order valence-corrected chi connectivity index (χ3v) is 3.97. The maximum absolute atomic E-state index is 9.46. The van der Waals surface area contributed by atoms with Crippen LogP contribution in [0.15, 0.2) is 30.3 Å². The van der Waals surface area contributed by atoms with E-state index in [0.29, 0.717) is 0 Å². The van der Waals surface area contributed by atoms with Crippen molar-refractivity contribution in [3.63, 3.8) is 0 Å². The van der Waals surface area contributed by atoms with Crippen LogP contribution in [0.2, 0.25) is 0 Å². The third kappa shape index (κ3) is 3.16. The molecule has 0 fully saturated rings. The van der Waals surface area contributed by atoms with Crippen LogP contribution in [0.4, 0.5) is 0 Å². The molecule has 0 bridgehead atoms. The Morgan fingerprint density at radius 3 is 2.56 bits per heavy atom. The maximum Gasteiger partial charge on any atom is 0.0900 e. The van der Waals surface area contributed by atoms with E-state index in [4.69, 9.17) is 0 Å². The van der Waals surface area contributed by atoms with E-state index in [1.54, 1.807) is 11.3 Å². The normalized spacial score (nSPS) is 12.6. The van der Waals surface area contributed by atoms with Gasteiger partial charge in [-0.25, -0.2) is 4.98 Å². The van der Waals surface area contributed by atoms with Gasteiger partial charge in [-0.2, -0.15) is 0 Å². The highest BCUT2D eigenvalue weighted by molar-refractivity contribution is 7.11. The molecule has 4 heteroatoms. The molecule has 2 rings (SSSR count). The number of aryl methyl sites for hydroxylation is 2. The van der Waals surface area contributed by atoms with Crippen molar-refractivity contribution in [2.45, 2.75) is 26.4 Å². The summed E-state index contributed by atoms with van der Waals surface area (Å²) in [4.78, 5) is 5.64. The first kappa shape index (κ1) is 13.2. The van der Waals surface area contributed by atoms with Gasteiger partial charge in [-0.15, -0.1) is 11.3 Å². The fraction of sp³-hybridized carbons (Fsp3) is 0.357. The molecule has 0 saturated carbocycles. The van der Waals surface area contributed by atoms with E-state index in [1.807, 2.05) is 44.2 Å². The molecule has 0 aliphatic carbocycles. The highest BCUT2D eigenvalue weighted by Gasteiger charge is 2.11. The summed E-state index contributed by atoms with van der Waals surface area (Å²) in [6.07, 6.45) is 0. The molecule has 0 radical (unpaired) electrons. The number of rotatable bonds is 5. The Kier molecular flexibility index (Phi) is 4.47. The summed E-state index contributed by atoms with van der Waals surface area (Å²) in [5.41, 5.74) is 2.19. The average Bonchev–Trinajstić information content (AvgIpc) is 2.70. The van der Waals surface area contributed by atoms with Gasteiger partial charge in [-0.1, -0.05) is 30.3 Å². The van der Waals surface area contributed by atoms with E-state index in [0.717, 1.165) is 22.8 Å². The number of nitrogens with zero attached hydrogens (tertiary/aromatic N) is 1. The van der Waals surface area contributed by atoms with Gasteiger partial charge in [0.1, 0.15) is 0 Å². The molecule has 0 amide bonds. The molecule has 1 aromatic carbocycles. The minimum atomic E-state index is -0.0204. The van der Waals surface area contributed by atoms with E-state index in [2.05, 4.69) is 10.3 Å². The number of aliphatic hydroxyl groups is 1. The zero-order valence-corrected chi connectivity index (χ0v) is 11.5. The van der Waals surface area contributed by atoms with Crippen molar-refractivity contribution in [1.82, 2.24) is 10.3 Å². The Hall–Kier alpha value is -1.23. The van der Waals surface area contributed by atoms with Gasteiger partial charge < -0.3 is 10.4 Å². The van der Waals surface area contributed by atoms with Gasteiger partial charge in [0.05, 0.1) is 23.4 Å². The SMILES string of the molecule is Cc1nc(C)c(CN[C@H](CO)c2ccccc2)s1. The van der Waals surface area contributed by atoms with Gasteiger partial charge in [0.25, 0.3) is 0 Å². The van der Waals surface area contributed by atoms with Crippen LogP contribution < -0.4 is 5.32 Å². The maximum atomic E-state index is 9.46. The van der Waals surface area contributed by atoms with Gasteiger partial charge >= 0.3 is 0 Å². The lowest BCUT2D eigenvalue weighted by molar-refractivity contribution is 0.244. The summed E-state index contributed by atoms with van der Waals surface area (Å²) in [5.74, 6) is 0. The molecule has 2 N–H and O–H groups in total. The largest absolute Gasteiger partial charge is 0.394 e. The van der Waals surface area contributed by atoms with Crippen molar-refractivity contribution >= 4 is 11.3 Å². The van der Waals surface area contributed by atoms with Gasteiger partial charge in [-0.05, 0) is 19.4 Å². The lowest BCUT2D eigenvalue weighted by atomic mass is 10.1. The standard InChI is InChI=1S/C14H18N2OS/c1-10-14(18-11(2)16-10)8-15-13(9-17)12-6-4-3-5-7-12/h3-7,13,15,17H,8-9H2,1-2H3/t13-/m1/s1. The van der Waals surface area contributed by atoms with E-state index in [-0.39, 0.29) is 12.6 Å². The molecule has 2 aromatic rings. The zero-order chi connectivity index (χ0) is 13.0. The van der Waals surface area contributed by atoms with Gasteiger partial charge in [0, 0.05) is 11.4 Å². The second-order valence-corrected chi connectivity index (χ2v) is 5.56. The van der Waals surface area contributed by atoms with Crippen LogP contribution in [0.25, 0.3) is 0 Å². The molecule has 1 heterocycles. The van der Waals surface area contributed by atoms with Crippen molar-refractivity contribution in [3.8, 4) is 0 Å². The van der Waals surface area contributed by atoms with Crippen molar-refractivity contribution in [2.75, 3.05) is 6.61 Å². The van der Waals surface area contributed by atoms with Crippen LogP contribution >= 0.6 is 11.3 Å². The molecule has 1 atom stereocenters. The minimum absolute atomic E-state index is 0.0204. The first-order valence-electron chi connectivity index (χ1n) is 6.03. The minimum Gasteiger partial charge on any atom is -0.394 e. The highest BCUT2D eigenvalue weighted by Crippen LogP contribution is 2.19. The molecule has 0 unspecified atom stereocenters. The highest BCUT2D eigenvalue weighted by atomic mass is 32.1. The lowest BCUT2D eigenvalue weighted by Gasteiger charge is -2.16. The van der Waals surface area contributed by atoms with Crippen LogP contribution in [0.5, 0.6) is 0 Å². The average molecular weight is 262 g/mol. The molecule has 0 aliphatic heterocycles. The second-order valence-electron chi connectivity index (χ2n) is 4.27. The predicted octanol–water partition coefficient (Wildman–Crippen LogP) is 2.58. The Bertz CT molecular complexity index is 496. The summed E-state index contributed by atoms with van der Waals surface area (Å²) in [6.45, 7) is 4.89. The Morgan fingerprint density at radius 2 is 2.00 bits per heavy atom. The first-order valence-corrected chi connectivity index (χ1v) is 6.84. The molecule has 0 aliphatic rings. The number of aliphatic hydroxyl groups excluding tert-OH is 1. The van der Waals surface area contributed by atoms with Crippen LogP contribution in [0.1, 0.15) is 27.2 Å². The molecular weight excluding hydrogens is 244 g/mol. The van der Waals surface area contributed by atoms with E-state index in [1.165, 1.54) is 4.88 Å². The molecule has 18 heavy (non-hydrogen) atoms. The van der Waals surface area contributed by atoms with Crippen LogP contribution in [-0.2, 0) is 6.54 Å². The van der Waals surface area contributed by atoms with Crippen molar-refractivity contribution < 1.29 is 5.11 Å². The molecule has 3 nitrogen and oxygen atoms in total. The summed E-state index contributed by atoms with van der Waals surface area (Å²) in [6, 6.07) is 9.99. The fourth-order valence-corrected chi connectivity index (χ4v) is 2.81.